The molecule has 25 heavy (non-hydrogen) atoms. The van der Waals surface area contributed by atoms with Crippen LogP contribution in [0.15, 0.2) is 54.6 Å². The molecule has 0 aliphatic rings. The number of rotatable bonds is 4. The number of carbonyl (C=O) groups is 1. The second-order valence-electron chi connectivity index (χ2n) is 5.42. The fourth-order valence-corrected chi connectivity index (χ4v) is 2.59. The summed E-state index contributed by atoms with van der Waals surface area (Å²) in [5.41, 5.74) is 1.91. The van der Waals surface area contributed by atoms with Crippen LogP contribution in [-0.4, -0.2) is 22.5 Å². The number of aromatic nitrogens is 2. The quantitative estimate of drug-likeness (QED) is 0.661. The highest BCUT2D eigenvalue weighted by Crippen LogP contribution is 2.29. The van der Waals surface area contributed by atoms with E-state index in [1.165, 1.54) is 6.07 Å². The van der Waals surface area contributed by atoms with E-state index in [2.05, 4.69) is 9.97 Å². The van der Waals surface area contributed by atoms with Gasteiger partial charge < -0.3 is 4.74 Å². The third kappa shape index (κ3) is 3.40. The van der Waals surface area contributed by atoms with Crippen molar-refractivity contribution in [2.75, 3.05) is 6.61 Å². The second kappa shape index (κ2) is 7.21. The van der Waals surface area contributed by atoms with Crippen molar-refractivity contribution in [3.8, 4) is 22.6 Å². The van der Waals surface area contributed by atoms with E-state index in [1.807, 2.05) is 30.3 Å². The maximum atomic E-state index is 14.4. The molecule has 0 saturated carbocycles. The molecular formula is C20H17FN2O2. The van der Waals surface area contributed by atoms with Gasteiger partial charge in [-0.15, -0.1) is 0 Å². The zero-order chi connectivity index (χ0) is 17.8. The van der Waals surface area contributed by atoms with Gasteiger partial charge in [0.2, 0.25) is 0 Å². The third-order valence-electron chi connectivity index (χ3n) is 3.73. The molecule has 5 heteroatoms. The number of carbonyl (C=O) groups excluding carboxylic acids is 1. The maximum absolute atomic E-state index is 14.4. The maximum Gasteiger partial charge on any atom is 0.342 e. The van der Waals surface area contributed by atoms with Crippen LogP contribution in [0.1, 0.15) is 23.0 Å². The summed E-state index contributed by atoms with van der Waals surface area (Å²) in [4.78, 5) is 21.3. The van der Waals surface area contributed by atoms with E-state index in [0.29, 0.717) is 11.5 Å². The zero-order valence-electron chi connectivity index (χ0n) is 14.0. The summed E-state index contributed by atoms with van der Waals surface area (Å²) in [6.07, 6.45) is 0. The summed E-state index contributed by atoms with van der Waals surface area (Å²) >= 11 is 0. The average Bonchev–Trinajstić information content (AvgIpc) is 2.62. The Morgan fingerprint density at radius 2 is 1.72 bits per heavy atom. The van der Waals surface area contributed by atoms with E-state index < -0.39 is 11.8 Å². The van der Waals surface area contributed by atoms with Crippen LogP contribution in [0.2, 0.25) is 0 Å². The molecule has 3 aromatic rings. The topological polar surface area (TPSA) is 52.1 Å². The summed E-state index contributed by atoms with van der Waals surface area (Å²) in [5.74, 6) is -0.576. The van der Waals surface area contributed by atoms with Crippen LogP contribution >= 0.6 is 0 Å². The molecule has 0 aliphatic carbocycles. The van der Waals surface area contributed by atoms with E-state index in [-0.39, 0.29) is 23.4 Å². The highest BCUT2D eigenvalue weighted by Gasteiger charge is 2.23. The number of aryl methyl sites for hydroxylation is 1. The van der Waals surface area contributed by atoms with Crippen molar-refractivity contribution >= 4 is 5.97 Å². The van der Waals surface area contributed by atoms with Gasteiger partial charge in [0.25, 0.3) is 0 Å². The number of hydrogen-bond donors (Lipinski definition) is 0. The molecule has 0 saturated heterocycles. The molecule has 2 aromatic carbocycles. The molecule has 1 aromatic heterocycles. The minimum Gasteiger partial charge on any atom is -0.462 e. The van der Waals surface area contributed by atoms with Crippen LogP contribution in [0.5, 0.6) is 0 Å². The Morgan fingerprint density at radius 1 is 1.04 bits per heavy atom. The van der Waals surface area contributed by atoms with Gasteiger partial charge in [0.15, 0.2) is 5.82 Å². The van der Waals surface area contributed by atoms with E-state index >= 15 is 0 Å². The highest BCUT2D eigenvalue weighted by atomic mass is 19.1. The molecule has 0 unspecified atom stereocenters. The molecule has 0 fully saturated rings. The van der Waals surface area contributed by atoms with Gasteiger partial charge in [-0.1, -0.05) is 42.5 Å². The number of ether oxygens (including phenoxy) is 1. The second-order valence-corrected chi connectivity index (χ2v) is 5.42. The van der Waals surface area contributed by atoms with Gasteiger partial charge in [-0.25, -0.2) is 19.2 Å². The summed E-state index contributed by atoms with van der Waals surface area (Å²) in [5, 5.41) is 0. The Hall–Kier alpha value is -3.08. The van der Waals surface area contributed by atoms with Crippen molar-refractivity contribution in [1.82, 2.24) is 9.97 Å². The van der Waals surface area contributed by atoms with Gasteiger partial charge in [0.05, 0.1) is 18.0 Å². The Morgan fingerprint density at radius 3 is 2.40 bits per heavy atom. The van der Waals surface area contributed by atoms with Crippen molar-refractivity contribution in [3.63, 3.8) is 0 Å². The van der Waals surface area contributed by atoms with Crippen LogP contribution in [0.25, 0.3) is 22.6 Å². The first-order chi connectivity index (χ1) is 12.1. The molecule has 0 atom stereocenters. The van der Waals surface area contributed by atoms with Gasteiger partial charge >= 0.3 is 5.97 Å². The molecule has 1 heterocycles. The minimum atomic E-state index is -0.558. The lowest BCUT2D eigenvalue weighted by atomic mass is 10.0. The largest absolute Gasteiger partial charge is 0.462 e. The first-order valence-corrected chi connectivity index (χ1v) is 7.98. The number of hydrogen-bond acceptors (Lipinski definition) is 4. The molecule has 0 amide bonds. The van der Waals surface area contributed by atoms with Gasteiger partial charge in [-0.2, -0.15) is 0 Å². The summed E-state index contributed by atoms with van der Waals surface area (Å²) in [7, 11) is 0. The molecule has 0 radical (unpaired) electrons. The Kier molecular flexibility index (Phi) is 4.84. The third-order valence-corrected chi connectivity index (χ3v) is 3.73. The van der Waals surface area contributed by atoms with Crippen LogP contribution in [-0.2, 0) is 4.74 Å². The molecule has 0 bridgehead atoms. The van der Waals surface area contributed by atoms with Crippen LogP contribution < -0.4 is 0 Å². The Bertz CT molecular complexity index is 911. The minimum absolute atomic E-state index is 0.187. The van der Waals surface area contributed by atoms with Crippen molar-refractivity contribution in [1.29, 1.82) is 0 Å². The molecule has 126 valence electrons. The first-order valence-electron chi connectivity index (χ1n) is 7.98. The zero-order valence-corrected chi connectivity index (χ0v) is 14.0. The summed E-state index contributed by atoms with van der Waals surface area (Å²) in [6, 6.07) is 15.6. The lowest BCUT2D eigenvalue weighted by Gasteiger charge is -2.13. The molecule has 3 rings (SSSR count). The molecule has 0 aliphatic heterocycles. The van der Waals surface area contributed by atoms with E-state index in [9.17, 15) is 9.18 Å². The van der Waals surface area contributed by atoms with Gasteiger partial charge in [0, 0.05) is 11.1 Å². The van der Waals surface area contributed by atoms with Crippen molar-refractivity contribution < 1.29 is 13.9 Å². The van der Waals surface area contributed by atoms with Crippen LogP contribution in [0.4, 0.5) is 4.39 Å². The lowest BCUT2D eigenvalue weighted by molar-refractivity contribution is 0.0525. The highest BCUT2D eigenvalue weighted by molar-refractivity contribution is 5.97. The fraction of sp³-hybridized carbons (Fsp3) is 0.150. The normalized spacial score (nSPS) is 10.5. The smallest absolute Gasteiger partial charge is 0.342 e. The van der Waals surface area contributed by atoms with E-state index in [1.54, 1.807) is 32.0 Å². The Balaban J connectivity index is 2.26. The van der Waals surface area contributed by atoms with Crippen molar-refractivity contribution in [2.24, 2.45) is 0 Å². The SMILES string of the molecule is CCOC(=O)c1c(C)nc(-c2ccccc2)nc1-c1ccccc1F. The van der Waals surface area contributed by atoms with E-state index in [0.717, 1.165) is 5.56 Å². The molecular weight excluding hydrogens is 319 g/mol. The standard InChI is InChI=1S/C20H17FN2O2/c1-3-25-20(24)17-13(2)22-19(14-9-5-4-6-10-14)23-18(17)15-11-7-8-12-16(15)21/h4-12H,3H2,1-2H3. The molecule has 0 N–H and O–H groups in total. The van der Waals surface area contributed by atoms with Gasteiger partial charge in [-0.3, -0.25) is 0 Å². The Labute approximate surface area is 145 Å². The number of nitrogens with zero attached hydrogens (tertiary/aromatic N) is 2. The van der Waals surface area contributed by atoms with Crippen LogP contribution in [0, 0.1) is 12.7 Å². The molecule has 0 spiro atoms. The summed E-state index contributed by atoms with van der Waals surface area (Å²) in [6.45, 7) is 3.63. The first kappa shape index (κ1) is 16.8. The fourth-order valence-electron chi connectivity index (χ4n) is 2.59. The predicted molar refractivity (Wildman–Crippen MR) is 93.6 cm³/mol. The number of halogens is 1. The molecule has 4 nitrogen and oxygen atoms in total. The van der Waals surface area contributed by atoms with Gasteiger partial charge in [-0.05, 0) is 26.0 Å². The van der Waals surface area contributed by atoms with Crippen molar-refractivity contribution in [3.05, 3.63) is 71.7 Å². The van der Waals surface area contributed by atoms with Crippen molar-refractivity contribution in [2.45, 2.75) is 13.8 Å². The predicted octanol–water partition coefficient (Wildman–Crippen LogP) is 4.43. The van der Waals surface area contributed by atoms with Crippen LogP contribution in [0.3, 0.4) is 0 Å². The lowest BCUT2D eigenvalue weighted by Crippen LogP contribution is -2.13. The average molecular weight is 336 g/mol. The summed E-state index contributed by atoms with van der Waals surface area (Å²) < 4.78 is 19.5. The monoisotopic (exact) mass is 336 g/mol. The number of esters is 1. The van der Waals surface area contributed by atoms with E-state index in [4.69, 9.17) is 4.74 Å². The number of benzene rings is 2. The van der Waals surface area contributed by atoms with Gasteiger partial charge in [0.1, 0.15) is 11.4 Å².